The average Bonchev–Trinajstić information content (AvgIpc) is 2.67. The number of thioether (sulfide) groups is 1. The van der Waals surface area contributed by atoms with Crippen LogP contribution in [0.25, 0.3) is 0 Å². The lowest BCUT2D eigenvalue weighted by atomic mass is 9.90. The molecule has 0 spiro atoms. The van der Waals surface area contributed by atoms with E-state index >= 15 is 0 Å². The molecule has 1 aliphatic rings. The molecule has 142 valence electrons. The third-order valence-corrected chi connectivity index (χ3v) is 5.20. The third kappa shape index (κ3) is 4.74. The van der Waals surface area contributed by atoms with Crippen molar-refractivity contribution in [1.82, 2.24) is 0 Å². The van der Waals surface area contributed by atoms with Crippen LogP contribution in [0.3, 0.4) is 0 Å². The van der Waals surface area contributed by atoms with E-state index in [-0.39, 0.29) is 18.1 Å². The quantitative estimate of drug-likeness (QED) is 0.796. The van der Waals surface area contributed by atoms with E-state index in [0.717, 1.165) is 17.7 Å². The summed E-state index contributed by atoms with van der Waals surface area (Å²) < 4.78 is 10.9. The van der Waals surface area contributed by atoms with Crippen molar-refractivity contribution in [2.45, 2.75) is 18.9 Å². The number of carbonyl (C=O) groups is 1. The van der Waals surface area contributed by atoms with Crippen molar-refractivity contribution < 1.29 is 14.3 Å². The Morgan fingerprint density at radius 3 is 2.89 bits per heavy atom. The summed E-state index contributed by atoms with van der Waals surface area (Å²) in [5.74, 6) is 1.90. The second-order valence-electron chi connectivity index (χ2n) is 6.39. The van der Waals surface area contributed by atoms with E-state index in [4.69, 9.17) is 15.2 Å². The minimum atomic E-state index is -0.367. The summed E-state index contributed by atoms with van der Waals surface area (Å²) in [5, 5.41) is 3.40. The summed E-state index contributed by atoms with van der Waals surface area (Å²) in [6, 6.07) is 14.9. The maximum Gasteiger partial charge on any atom is 0.262 e. The molecule has 1 unspecified atom stereocenters. The Kier molecular flexibility index (Phi) is 5.91. The molecule has 0 aromatic heterocycles. The van der Waals surface area contributed by atoms with Crippen molar-refractivity contribution >= 4 is 28.5 Å². The molecule has 0 aliphatic carbocycles. The number of hydrogen-bond donors (Lipinski definition) is 2. The van der Waals surface area contributed by atoms with Gasteiger partial charge >= 0.3 is 0 Å². The van der Waals surface area contributed by atoms with Gasteiger partial charge in [0.1, 0.15) is 11.5 Å². The number of carbonyl (C=O) groups excluding carboxylic acids is 1. The van der Waals surface area contributed by atoms with Crippen molar-refractivity contribution in [1.29, 1.82) is 0 Å². The summed E-state index contributed by atoms with van der Waals surface area (Å²) in [7, 11) is 1.56. The lowest BCUT2D eigenvalue weighted by Crippen LogP contribution is -2.28. The first-order chi connectivity index (χ1) is 13.0. The molecule has 1 heterocycles. The van der Waals surface area contributed by atoms with E-state index in [1.807, 2.05) is 36.4 Å². The predicted octanol–water partition coefficient (Wildman–Crippen LogP) is 3.38. The van der Waals surface area contributed by atoms with Crippen LogP contribution in [0.4, 0.5) is 5.69 Å². The van der Waals surface area contributed by atoms with Crippen molar-refractivity contribution in [3.05, 3.63) is 54.1 Å². The number of ether oxygens (including phenoxy) is 2. The van der Waals surface area contributed by atoms with E-state index in [9.17, 15) is 4.79 Å². The van der Waals surface area contributed by atoms with Gasteiger partial charge in [0.25, 0.3) is 5.91 Å². The topological polar surface area (TPSA) is 85.9 Å². The van der Waals surface area contributed by atoms with Gasteiger partial charge < -0.3 is 20.5 Å². The van der Waals surface area contributed by atoms with Gasteiger partial charge in [0.15, 0.2) is 11.8 Å². The highest BCUT2D eigenvalue weighted by molar-refractivity contribution is 8.13. The minimum Gasteiger partial charge on any atom is -0.495 e. The Morgan fingerprint density at radius 2 is 2.11 bits per heavy atom. The SMILES string of the molecule is COc1ccccc1NC(=O)COc1cccc(C2(C)CCSC(N)=N2)c1. The van der Waals surface area contributed by atoms with Crippen LogP contribution in [0.15, 0.2) is 53.5 Å². The van der Waals surface area contributed by atoms with Gasteiger partial charge in [-0.05, 0) is 43.2 Å². The molecule has 1 amide bonds. The number of anilines is 1. The zero-order valence-electron chi connectivity index (χ0n) is 15.4. The number of rotatable bonds is 6. The van der Waals surface area contributed by atoms with E-state index in [2.05, 4.69) is 17.2 Å². The number of methoxy groups -OCH3 is 1. The van der Waals surface area contributed by atoms with Crippen LogP contribution >= 0.6 is 11.8 Å². The van der Waals surface area contributed by atoms with E-state index in [0.29, 0.717) is 22.4 Å². The smallest absolute Gasteiger partial charge is 0.262 e. The summed E-state index contributed by atoms with van der Waals surface area (Å²) in [6.07, 6.45) is 0.899. The van der Waals surface area contributed by atoms with Crippen LogP contribution in [-0.4, -0.2) is 30.5 Å². The molecule has 1 atom stereocenters. The average molecular weight is 385 g/mol. The molecule has 3 N–H and O–H groups in total. The summed E-state index contributed by atoms with van der Waals surface area (Å²) in [5.41, 5.74) is 7.17. The van der Waals surface area contributed by atoms with E-state index in [1.165, 1.54) is 0 Å². The van der Waals surface area contributed by atoms with Gasteiger partial charge in [0, 0.05) is 5.75 Å². The van der Waals surface area contributed by atoms with Crippen LogP contribution in [0.5, 0.6) is 11.5 Å². The maximum absolute atomic E-state index is 12.2. The van der Waals surface area contributed by atoms with Gasteiger partial charge in [0.05, 0.1) is 18.3 Å². The Labute approximate surface area is 163 Å². The number of nitrogens with one attached hydrogen (secondary N) is 1. The molecule has 0 saturated carbocycles. The largest absolute Gasteiger partial charge is 0.495 e. The number of amidine groups is 1. The molecule has 6 nitrogen and oxygen atoms in total. The number of nitrogens with zero attached hydrogens (tertiary/aromatic N) is 1. The van der Waals surface area contributed by atoms with Crippen LogP contribution < -0.4 is 20.5 Å². The second kappa shape index (κ2) is 8.35. The van der Waals surface area contributed by atoms with Crippen molar-refractivity contribution in [2.24, 2.45) is 10.7 Å². The molecular weight excluding hydrogens is 362 g/mol. The highest BCUT2D eigenvalue weighted by Crippen LogP contribution is 2.36. The Morgan fingerprint density at radius 1 is 1.30 bits per heavy atom. The second-order valence-corrected chi connectivity index (χ2v) is 7.50. The number of aliphatic imine (C=N–C) groups is 1. The fourth-order valence-electron chi connectivity index (χ4n) is 2.90. The fourth-order valence-corrected chi connectivity index (χ4v) is 3.87. The molecule has 27 heavy (non-hydrogen) atoms. The molecule has 2 aromatic rings. The maximum atomic E-state index is 12.2. The van der Waals surface area contributed by atoms with Gasteiger partial charge in [-0.25, -0.2) is 0 Å². The van der Waals surface area contributed by atoms with E-state index in [1.54, 1.807) is 31.0 Å². The Hall–Kier alpha value is -2.67. The van der Waals surface area contributed by atoms with Gasteiger partial charge in [-0.1, -0.05) is 36.0 Å². The van der Waals surface area contributed by atoms with Gasteiger partial charge in [0.2, 0.25) is 0 Å². The summed E-state index contributed by atoms with van der Waals surface area (Å²) >= 11 is 1.57. The summed E-state index contributed by atoms with van der Waals surface area (Å²) in [6.45, 7) is 1.96. The van der Waals surface area contributed by atoms with Crippen LogP contribution in [0, 0.1) is 0 Å². The lowest BCUT2D eigenvalue weighted by Gasteiger charge is -2.30. The molecular formula is C20H23N3O3S. The normalized spacial score (nSPS) is 19.1. The first kappa shape index (κ1) is 19.1. The van der Waals surface area contributed by atoms with E-state index < -0.39 is 0 Å². The third-order valence-electron chi connectivity index (χ3n) is 4.40. The Balaban J connectivity index is 1.65. The molecule has 7 heteroatoms. The van der Waals surface area contributed by atoms with Crippen LogP contribution in [0.2, 0.25) is 0 Å². The summed E-state index contributed by atoms with van der Waals surface area (Å²) in [4.78, 5) is 16.8. The monoisotopic (exact) mass is 385 g/mol. The molecule has 3 rings (SSSR count). The van der Waals surface area contributed by atoms with Crippen molar-refractivity contribution in [3.63, 3.8) is 0 Å². The standard InChI is InChI=1S/C20H23N3O3S/c1-20(10-11-27-19(21)23-20)14-6-5-7-15(12-14)26-13-18(24)22-16-8-3-4-9-17(16)25-2/h3-9,12H,10-11,13H2,1-2H3,(H2,21,23)(H,22,24). The van der Waals surface area contributed by atoms with Crippen LogP contribution in [-0.2, 0) is 10.3 Å². The molecule has 0 radical (unpaired) electrons. The van der Waals surface area contributed by atoms with Crippen molar-refractivity contribution in [3.8, 4) is 11.5 Å². The minimum absolute atomic E-state index is 0.0977. The lowest BCUT2D eigenvalue weighted by molar-refractivity contribution is -0.118. The van der Waals surface area contributed by atoms with Gasteiger partial charge in [-0.2, -0.15) is 0 Å². The number of para-hydroxylation sites is 2. The molecule has 1 aliphatic heterocycles. The number of hydrogen-bond acceptors (Lipinski definition) is 6. The van der Waals surface area contributed by atoms with Crippen LogP contribution in [0.1, 0.15) is 18.9 Å². The molecule has 2 aromatic carbocycles. The highest BCUT2D eigenvalue weighted by atomic mass is 32.2. The van der Waals surface area contributed by atoms with Gasteiger partial charge in [-0.3, -0.25) is 9.79 Å². The first-order valence-corrected chi connectivity index (χ1v) is 9.63. The first-order valence-electron chi connectivity index (χ1n) is 8.64. The van der Waals surface area contributed by atoms with Crippen molar-refractivity contribution in [2.75, 3.05) is 24.8 Å². The zero-order chi connectivity index (χ0) is 19.3. The molecule has 0 bridgehead atoms. The Bertz CT molecular complexity index is 856. The predicted molar refractivity (Wildman–Crippen MR) is 110 cm³/mol. The fraction of sp³-hybridized carbons (Fsp3) is 0.300. The number of benzene rings is 2. The zero-order valence-corrected chi connectivity index (χ0v) is 16.2. The number of amides is 1. The molecule has 0 fully saturated rings. The molecule has 0 saturated heterocycles. The highest BCUT2D eigenvalue weighted by Gasteiger charge is 2.29. The number of nitrogens with two attached hydrogens (primary N) is 1. The van der Waals surface area contributed by atoms with Gasteiger partial charge in [-0.15, -0.1) is 0 Å².